The monoisotopic (exact) mass is 479 g/mol. The van der Waals surface area contributed by atoms with Crippen molar-refractivity contribution in [1.82, 2.24) is 5.32 Å². The fourth-order valence-corrected chi connectivity index (χ4v) is 6.33. The minimum absolute atomic E-state index is 0.101. The second kappa shape index (κ2) is 8.85. The van der Waals surface area contributed by atoms with Gasteiger partial charge < -0.3 is 11.1 Å². The summed E-state index contributed by atoms with van der Waals surface area (Å²) in [6.07, 6.45) is -0.476. The molecule has 8 nitrogen and oxygen atoms in total. The minimum Gasteiger partial charge on any atom is -0.386 e. The smallest absolute Gasteiger partial charge is 0.240 e. The lowest BCUT2D eigenvalue weighted by Gasteiger charge is -2.34. The molecular weight excluding hydrogens is 458 g/mol. The number of nitrogens with one attached hydrogen (secondary N) is 1. The highest BCUT2D eigenvalue weighted by Crippen LogP contribution is 2.33. The van der Waals surface area contributed by atoms with Gasteiger partial charge in [-0.3, -0.25) is 4.79 Å². The summed E-state index contributed by atoms with van der Waals surface area (Å²) in [7, 11) is -7.47. The average Bonchev–Trinajstić information content (AvgIpc) is 2.74. The van der Waals surface area contributed by atoms with Crippen molar-refractivity contribution in [2.75, 3.05) is 11.5 Å². The number of hydrogen-bond acceptors (Lipinski definition) is 7. The molecule has 1 aliphatic rings. The molecule has 11 heteroatoms. The third-order valence-electron chi connectivity index (χ3n) is 5.17. The van der Waals surface area contributed by atoms with E-state index in [0.29, 0.717) is 0 Å². The van der Waals surface area contributed by atoms with Crippen molar-refractivity contribution in [3.63, 3.8) is 0 Å². The molecule has 1 heterocycles. The summed E-state index contributed by atoms with van der Waals surface area (Å²) in [5, 5.41) is 2.24. The maximum absolute atomic E-state index is 12.9. The van der Waals surface area contributed by atoms with E-state index < -0.39 is 42.5 Å². The Hall–Kier alpha value is -2.63. The van der Waals surface area contributed by atoms with E-state index in [1.165, 1.54) is 24.3 Å². The average molecular weight is 480 g/mol. The van der Waals surface area contributed by atoms with Gasteiger partial charge in [-0.25, -0.2) is 21.8 Å². The van der Waals surface area contributed by atoms with Gasteiger partial charge in [0.2, 0.25) is 11.0 Å². The molecule has 2 aromatic carbocycles. The van der Waals surface area contributed by atoms with Crippen LogP contribution in [0.5, 0.6) is 0 Å². The molecule has 164 valence electrons. The highest BCUT2D eigenvalue weighted by atomic mass is 32.2. The quantitative estimate of drug-likeness (QED) is 0.547. The maximum Gasteiger partial charge on any atom is 0.240 e. The summed E-state index contributed by atoms with van der Waals surface area (Å²) in [5.74, 6) is -1.68. The maximum atomic E-state index is 12.9. The lowest BCUT2D eigenvalue weighted by molar-refractivity contribution is -0.126. The Bertz CT molecular complexity index is 1150. The van der Waals surface area contributed by atoms with Gasteiger partial charge in [0.05, 0.1) is 21.3 Å². The van der Waals surface area contributed by atoms with Gasteiger partial charge in [0.15, 0.2) is 19.7 Å². The Morgan fingerprint density at radius 2 is 1.26 bits per heavy atom. The Kier molecular flexibility index (Phi) is 6.58. The molecule has 0 unspecified atom stereocenters. The van der Waals surface area contributed by atoms with Crippen molar-refractivity contribution >= 4 is 48.7 Å². The summed E-state index contributed by atoms with van der Waals surface area (Å²) in [4.78, 5) is 17.0. The largest absolute Gasteiger partial charge is 0.386 e. The first kappa shape index (κ1) is 23.0. The van der Waals surface area contributed by atoms with E-state index in [9.17, 15) is 21.6 Å². The van der Waals surface area contributed by atoms with E-state index in [4.69, 9.17) is 18.0 Å². The van der Waals surface area contributed by atoms with Crippen LogP contribution >= 0.6 is 12.2 Å². The Morgan fingerprint density at radius 1 is 0.839 bits per heavy atom. The lowest BCUT2D eigenvalue weighted by Crippen LogP contribution is -2.56. The van der Waals surface area contributed by atoms with E-state index in [1.54, 1.807) is 36.4 Å². The van der Waals surface area contributed by atoms with Crippen molar-refractivity contribution in [2.24, 2.45) is 16.1 Å². The summed E-state index contributed by atoms with van der Waals surface area (Å²) in [6, 6.07) is 15.6. The molecule has 1 aliphatic heterocycles. The van der Waals surface area contributed by atoms with Gasteiger partial charge in [0.25, 0.3) is 0 Å². The molecule has 0 atom stereocenters. The fourth-order valence-electron chi connectivity index (χ4n) is 3.29. The Morgan fingerprint density at radius 3 is 1.65 bits per heavy atom. The zero-order chi connectivity index (χ0) is 22.7. The molecule has 0 bridgehead atoms. The van der Waals surface area contributed by atoms with Crippen molar-refractivity contribution < 1.29 is 21.6 Å². The molecule has 2 aromatic rings. The van der Waals surface area contributed by atoms with Crippen LogP contribution in [-0.2, 0) is 24.5 Å². The molecule has 0 aromatic heterocycles. The number of aliphatic imine (C=N–C) groups is 1. The normalized spacial score (nSPS) is 16.5. The third kappa shape index (κ3) is 5.00. The van der Waals surface area contributed by atoms with Crippen LogP contribution in [0.4, 0.5) is 0 Å². The van der Waals surface area contributed by atoms with Gasteiger partial charge in [0, 0.05) is 0 Å². The van der Waals surface area contributed by atoms with Gasteiger partial charge in [-0.15, -0.1) is 0 Å². The zero-order valence-electron chi connectivity index (χ0n) is 16.4. The predicted molar refractivity (Wildman–Crippen MR) is 121 cm³/mol. The van der Waals surface area contributed by atoms with Gasteiger partial charge >= 0.3 is 0 Å². The van der Waals surface area contributed by atoms with Crippen LogP contribution in [0.25, 0.3) is 0 Å². The van der Waals surface area contributed by atoms with E-state index in [-0.39, 0.29) is 33.6 Å². The van der Waals surface area contributed by atoms with Crippen LogP contribution in [-0.4, -0.2) is 45.2 Å². The van der Waals surface area contributed by atoms with Crippen LogP contribution in [0.15, 0.2) is 75.4 Å². The number of amidine groups is 1. The third-order valence-corrected chi connectivity index (χ3v) is 8.82. The van der Waals surface area contributed by atoms with Crippen molar-refractivity contribution in [3.8, 4) is 0 Å². The number of sulfone groups is 2. The number of amides is 1. The van der Waals surface area contributed by atoms with Crippen LogP contribution < -0.4 is 11.1 Å². The lowest BCUT2D eigenvalue weighted by atomic mass is 9.79. The topological polar surface area (TPSA) is 136 Å². The first-order valence-corrected chi connectivity index (χ1v) is 13.0. The molecule has 3 rings (SSSR count). The second-order valence-electron chi connectivity index (χ2n) is 7.10. The second-order valence-corrected chi connectivity index (χ2v) is 11.7. The number of carbonyl (C=O) groups excluding carboxylic acids is 1. The van der Waals surface area contributed by atoms with Crippen LogP contribution in [0, 0.1) is 5.41 Å². The molecule has 0 aliphatic carbocycles. The van der Waals surface area contributed by atoms with Crippen molar-refractivity contribution in [2.45, 2.75) is 22.6 Å². The first-order chi connectivity index (χ1) is 14.6. The summed E-state index contributed by atoms with van der Waals surface area (Å²) < 4.78 is 51.0. The molecule has 0 saturated heterocycles. The van der Waals surface area contributed by atoms with Crippen LogP contribution in [0.2, 0.25) is 0 Å². The number of benzene rings is 2. The Labute approximate surface area is 186 Å². The van der Waals surface area contributed by atoms with Gasteiger partial charge in [-0.2, -0.15) is 0 Å². The fraction of sp³-hybridized carbons (Fsp3) is 0.250. The number of carbonyl (C=O) groups is 1. The minimum atomic E-state index is -3.74. The first-order valence-electron chi connectivity index (χ1n) is 9.32. The molecule has 31 heavy (non-hydrogen) atoms. The van der Waals surface area contributed by atoms with E-state index in [1.807, 2.05) is 0 Å². The van der Waals surface area contributed by atoms with Crippen LogP contribution in [0.3, 0.4) is 0 Å². The molecule has 0 radical (unpaired) electrons. The predicted octanol–water partition coefficient (Wildman–Crippen LogP) is 1.47. The number of hydrogen-bond donors (Lipinski definition) is 2. The molecule has 0 spiro atoms. The summed E-state index contributed by atoms with van der Waals surface area (Å²) >= 11 is 4.89. The number of nitrogens with two attached hydrogens (primary N) is 1. The van der Waals surface area contributed by atoms with Gasteiger partial charge in [0.1, 0.15) is 11.3 Å². The number of thiocarbonyl (C=S) groups is 1. The molecule has 3 N–H and O–H groups in total. The molecular formula is C20H21N3O5S3. The summed E-state index contributed by atoms with van der Waals surface area (Å²) in [6.45, 7) is 0. The van der Waals surface area contributed by atoms with E-state index in [0.717, 1.165) is 0 Å². The van der Waals surface area contributed by atoms with Crippen molar-refractivity contribution in [3.05, 3.63) is 60.7 Å². The van der Waals surface area contributed by atoms with E-state index >= 15 is 0 Å². The standard InChI is InChI=1S/C20H21N3O5S3/c21-17-20(18(24)23-19(29)22-17,11-13-30(25,26)15-7-3-1-4-8-15)12-14-31(27,28)16-9-5-2-6-10-16/h1-10H,11-14H2,(H3,21,22,23,24,29). The van der Waals surface area contributed by atoms with E-state index in [2.05, 4.69) is 10.3 Å². The zero-order valence-corrected chi connectivity index (χ0v) is 18.8. The Balaban J connectivity index is 1.91. The molecule has 0 fully saturated rings. The van der Waals surface area contributed by atoms with Crippen LogP contribution in [0.1, 0.15) is 12.8 Å². The van der Waals surface area contributed by atoms with Gasteiger partial charge in [-0.1, -0.05) is 36.4 Å². The number of nitrogens with zero attached hydrogens (tertiary/aromatic N) is 1. The SMILES string of the molecule is NC1=NC(=S)NC(=O)C1(CCS(=O)(=O)c1ccccc1)CCS(=O)(=O)c1ccccc1. The van der Waals surface area contributed by atoms with Gasteiger partial charge in [-0.05, 0) is 49.3 Å². The van der Waals surface area contributed by atoms with Crippen molar-refractivity contribution in [1.29, 1.82) is 0 Å². The molecule has 0 saturated carbocycles. The summed E-state index contributed by atoms with van der Waals surface area (Å²) in [5.41, 5.74) is 4.42. The highest BCUT2D eigenvalue weighted by Gasteiger charge is 2.46. The molecule has 1 amide bonds. The number of rotatable bonds is 8. The highest BCUT2D eigenvalue weighted by molar-refractivity contribution is 7.91.